The lowest BCUT2D eigenvalue weighted by Crippen LogP contribution is -2.46. The van der Waals surface area contributed by atoms with Crippen molar-refractivity contribution >= 4 is 29.2 Å². The van der Waals surface area contributed by atoms with Gasteiger partial charge in [-0.1, -0.05) is 11.6 Å². The van der Waals surface area contributed by atoms with E-state index >= 15 is 0 Å². The van der Waals surface area contributed by atoms with Crippen LogP contribution in [0.3, 0.4) is 0 Å². The molecular weight excluding hydrogens is 252 g/mol. The summed E-state index contributed by atoms with van der Waals surface area (Å²) >= 11 is 5.80. The van der Waals surface area contributed by atoms with E-state index in [1.807, 2.05) is 20.8 Å². The third kappa shape index (κ3) is 2.20. The van der Waals surface area contributed by atoms with E-state index in [2.05, 4.69) is 0 Å². The molecule has 0 aliphatic carbocycles. The SMILES string of the molecule is CC(C)(C)N1C(=O)CN(c2ccc(Cl)cc2)C1=O. The van der Waals surface area contributed by atoms with Crippen molar-refractivity contribution in [3.8, 4) is 0 Å². The summed E-state index contributed by atoms with van der Waals surface area (Å²) in [6.07, 6.45) is 0. The molecule has 1 aromatic rings. The van der Waals surface area contributed by atoms with Crippen LogP contribution in [-0.2, 0) is 4.79 Å². The molecule has 0 spiro atoms. The number of hydrogen-bond donors (Lipinski definition) is 0. The lowest BCUT2D eigenvalue weighted by molar-refractivity contribution is -0.128. The largest absolute Gasteiger partial charge is 0.332 e. The van der Waals surface area contributed by atoms with Gasteiger partial charge in [-0.15, -0.1) is 0 Å². The number of urea groups is 1. The lowest BCUT2D eigenvalue weighted by Gasteiger charge is -2.29. The quantitative estimate of drug-likeness (QED) is 0.734. The second-order valence-electron chi connectivity index (χ2n) is 5.25. The van der Waals surface area contributed by atoms with E-state index in [9.17, 15) is 9.59 Å². The van der Waals surface area contributed by atoms with Crippen molar-refractivity contribution in [2.75, 3.05) is 11.4 Å². The Balaban J connectivity index is 2.31. The van der Waals surface area contributed by atoms with E-state index in [0.717, 1.165) is 0 Å². The van der Waals surface area contributed by atoms with Crippen molar-refractivity contribution in [3.05, 3.63) is 29.3 Å². The smallest absolute Gasteiger partial charge is 0.285 e. The standard InChI is InChI=1S/C13H15ClN2O2/c1-13(2,3)16-11(17)8-15(12(16)18)10-6-4-9(14)5-7-10/h4-7H,8H2,1-3H3. The molecule has 18 heavy (non-hydrogen) atoms. The van der Waals surface area contributed by atoms with Crippen LogP contribution in [0.15, 0.2) is 24.3 Å². The van der Waals surface area contributed by atoms with E-state index < -0.39 is 5.54 Å². The van der Waals surface area contributed by atoms with Gasteiger partial charge in [0.1, 0.15) is 6.54 Å². The molecular formula is C13H15ClN2O2. The number of halogens is 1. The van der Waals surface area contributed by atoms with Gasteiger partial charge >= 0.3 is 6.03 Å². The Morgan fingerprint density at radius 3 is 2.11 bits per heavy atom. The van der Waals surface area contributed by atoms with Crippen LogP contribution < -0.4 is 4.90 Å². The predicted octanol–water partition coefficient (Wildman–Crippen LogP) is 2.91. The fourth-order valence-corrected chi connectivity index (χ4v) is 2.11. The maximum atomic E-state index is 12.2. The minimum Gasteiger partial charge on any atom is -0.285 e. The zero-order valence-electron chi connectivity index (χ0n) is 10.6. The molecule has 0 radical (unpaired) electrons. The summed E-state index contributed by atoms with van der Waals surface area (Å²) in [5.74, 6) is -0.178. The number of amides is 3. The highest BCUT2D eigenvalue weighted by Crippen LogP contribution is 2.27. The number of carbonyl (C=O) groups is 2. The van der Waals surface area contributed by atoms with Crippen LogP contribution in [0.5, 0.6) is 0 Å². The third-order valence-electron chi connectivity index (χ3n) is 2.77. The first-order valence-corrected chi connectivity index (χ1v) is 6.08. The van der Waals surface area contributed by atoms with Gasteiger partial charge in [0.25, 0.3) is 5.91 Å². The molecule has 4 nitrogen and oxygen atoms in total. The monoisotopic (exact) mass is 266 g/mol. The van der Waals surface area contributed by atoms with Crippen molar-refractivity contribution < 1.29 is 9.59 Å². The van der Waals surface area contributed by atoms with E-state index in [4.69, 9.17) is 11.6 Å². The maximum absolute atomic E-state index is 12.2. The minimum absolute atomic E-state index is 0.0811. The molecule has 1 saturated heterocycles. The molecule has 0 N–H and O–H groups in total. The predicted molar refractivity (Wildman–Crippen MR) is 70.8 cm³/mol. The van der Waals surface area contributed by atoms with Crippen molar-refractivity contribution in [2.45, 2.75) is 26.3 Å². The van der Waals surface area contributed by atoms with E-state index in [1.54, 1.807) is 24.3 Å². The van der Waals surface area contributed by atoms with Gasteiger partial charge in [0.05, 0.1) is 0 Å². The molecule has 1 aromatic carbocycles. The molecule has 1 fully saturated rings. The Bertz CT molecular complexity index is 491. The summed E-state index contributed by atoms with van der Waals surface area (Å²) in [5, 5.41) is 0.601. The summed E-state index contributed by atoms with van der Waals surface area (Å²) in [6, 6.07) is 6.59. The number of carbonyl (C=O) groups excluding carboxylic acids is 2. The lowest BCUT2D eigenvalue weighted by atomic mass is 10.1. The summed E-state index contributed by atoms with van der Waals surface area (Å²) in [4.78, 5) is 26.9. The van der Waals surface area contributed by atoms with Crippen LogP contribution in [0.1, 0.15) is 20.8 Å². The molecule has 0 aromatic heterocycles. The van der Waals surface area contributed by atoms with Gasteiger partial charge in [0.15, 0.2) is 0 Å². The van der Waals surface area contributed by atoms with Crippen molar-refractivity contribution in [2.24, 2.45) is 0 Å². The minimum atomic E-state index is -0.505. The van der Waals surface area contributed by atoms with Crippen LogP contribution in [0, 0.1) is 0 Å². The van der Waals surface area contributed by atoms with Gasteiger partial charge < -0.3 is 0 Å². The zero-order chi connectivity index (χ0) is 13.5. The first-order valence-electron chi connectivity index (χ1n) is 5.71. The van der Waals surface area contributed by atoms with Crippen LogP contribution in [-0.4, -0.2) is 28.9 Å². The number of imide groups is 1. The summed E-state index contributed by atoms with van der Waals surface area (Å²) < 4.78 is 0. The first kappa shape index (κ1) is 12.9. The van der Waals surface area contributed by atoms with Crippen LogP contribution >= 0.6 is 11.6 Å². The van der Waals surface area contributed by atoms with E-state index in [1.165, 1.54) is 9.80 Å². The second-order valence-corrected chi connectivity index (χ2v) is 5.68. The second kappa shape index (κ2) is 4.28. The molecule has 5 heteroatoms. The maximum Gasteiger partial charge on any atom is 0.332 e. The van der Waals surface area contributed by atoms with E-state index in [-0.39, 0.29) is 18.5 Å². The normalized spacial score (nSPS) is 16.7. The zero-order valence-corrected chi connectivity index (χ0v) is 11.4. The molecule has 2 rings (SSSR count). The molecule has 0 unspecified atom stereocenters. The highest BCUT2D eigenvalue weighted by Gasteiger charge is 2.42. The molecule has 1 aliphatic heterocycles. The van der Waals surface area contributed by atoms with Gasteiger partial charge in [0.2, 0.25) is 0 Å². The number of anilines is 1. The summed E-state index contributed by atoms with van der Waals surface area (Å²) in [6.45, 7) is 5.61. The number of hydrogen-bond acceptors (Lipinski definition) is 2. The average Bonchev–Trinajstić information content (AvgIpc) is 2.54. The first-order chi connectivity index (χ1) is 8.30. The Labute approximate surface area is 111 Å². The third-order valence-corrected chi connectivity index (χ3v) is 3.03. The Kier molecular flexibility index (Phi) is 3.07. The molecule has 1 aliphatic rings. The number of rotatable bonds is 1. The van der Waals surface area contributed by atoms with Crippen molar-refractivity contribution in [1.29, 1.82) is 0 Å². The number of benzene rings is 1. The highest BCUT2D eigenvalue weighted by atomic mass is 35.5. The average molecular weight is 267 g/mol. The molecule has 0 bridgehead atoms. The fraction of sp³-hybridized carbons (Fsp3) is 0.385. The highest BCUT2D eigenvalue weighted by molar-refractivity contribution is 6.30. The molecule has 3 amide bonds. The molecule has 0 atom stereocenters. The fourth-order valence-electron chi connectivity index (χ4n) is 1.98. The van der Waals surface area contributed by atoms with Crippen molar-refractivity contribution in [1.82, 2.24) is 4.90 Å². The number of nitrogens with zero attached hydrogens (tertiary/aromatic N) is 2. The van der Waals surface area contributed by atoms with E-state index in [0.29, 0.717) is 10.7 Å². The van der Waals surface area contributed by atoms with Crippen LogP contribution in [0.4, 0.5) is 10.5 Å². The van der Waals surface area contributed by atoms with Crippen LogP contribution in [0.25, 0.3) is 0 Å². The van der Waals surface area contributed by atoms with Crippen molar-refractivity contribution in [3.63, 3.8) is 0 Å². The van der Waals surface area contributed by atoms with Gasteiger partial charge in [-0.25, -0.2) is 4.79 Å². The summed E-state index contributed by atoms with van der Waals surface area (Å²) in [7, 11) is 0. The Hall–Kier alpha value is -1.55. The molecule has 1 heterocycles. The van der Waals surface area contributed by atoms with Gasteiger partial charge in [-0.2, -0.15) is 0 Å². The van der Waals surface area contributed by atoms with Crippen LogP contribution in [0.2, 0.25) is 5.02 Å². The topological polar surface area (TPSA) is 40.6 Å². The Morgan fingerprint density at radius 2 is 1.67 bits per heavy atom. The van der Waals surface area contributed by atoms with Gasteiger partial charge in [0, 0.05) is 16.2 Å². The molecule has 96 valence electrons. The Morgan fingerprint density at radius 1 is 1.11 bits per heavy atom. The summed E-state index contributed by atoms with van der Waals surface area (Å²) in [5.41, 5.74) is 0.180. The molecule has 0 saturated carbocycles. The van der Waals surface area contributed by atoms with Gasteiger partial charge in [-0.05, 0) is 45.0 Å². The van der Waals surface area contributed by atoms with Gasteiger partial charge in [-0.3, -0.25) is 14.6 Å².